The molecule has 4 aromatic rings. The molecule has 0 heterocycles. The monoisotopic (exact) mass is 456 g/mol. The first-order chi connectivity index (χ1) is 16.5. The van der Waals surface area contributed by atoms with E-state index < -0.39 is 0 Å². The predicted octanol–water partition coefficient (Wildman–Crippen LogP) is 7.30. The highest BCUT2D eigenvalue weighted by molar-refractivity contribution is 5.65. The molecule has 4 rings (SSSR count). The summed E-state index contributed by atoms with van der Waals surface area (Å²) in [5.41, 5.74) is 4.78. The van der Waals surface area contributed by atoms with Crippen LogP contribution in [0.4, 0.5) is 8.78 Å². The number of halogens is 2. The summed E-state index contributed by atoms with van der Waals surface area (Å²) in [4.78, 5) is 0. The zero-order valence-electron chi connectivity index (χ0n) is 19.6. The van der Waals surface area contributed by atoms with Gasteiger partial charge in [0.1, 0.15) is 11.6 Å². The third-order valence-electron chi connectivity index (χ3n) is 6.18. The van der Waals surface area contributed by atoms with Gasteiger partial charge in [0, 0.05) is 36.3 Å². The Labute approximate surface area is 200 Å². The van der Waals surface area contributed by atoms with Gasteiger partial charge in [0.05, 0.1) is 0 Å². The molecule has 0 aliphatic carbocycles. The minimum absolute atomic E-state index is 0.0130. The standard InChI is InChI=1S/C30H30F2N2/c1-21(25-13-15-27(29(31)19-25)23-9-5-3-6-10-23)33-17-18-34-22(2)26-14-16-28(30(32)20-26)24-11-7-4-8-12-24/h3-16,19-22,33-34H,17-18H2,1-2H3/t21-,22-/m0/s1. The molecule has 0 saturated carbocycles. The fourth-order valence-electron chi connectivity index (χ4n) is 4.12. The lowest BCUT2D eigenvalue weighted by atomic mass is 10.0. The highest BCUT2D eigenvalue weighted by atomic mass is 19.1. The average Bonchev–Trinajstić information content (AvgIpc) is 2.87. The molecule has 4 heteroatoms. The summed E-state index contributed by atoms with van der Waals surface area (Å²) in [5, 5.41) is 6.86. The Balaban J connectivity index is 1.28. The molecule has 2 atom stereocenters. The van der Waals surface area contributed by atoms with Gasteiger partial charge in [0.2, 0.25) is 0 Å². The largest absolute Gasteiger partial charge is 0.309 e. The van der Waals surface area contributed by atoms with Crippen molar-refractivity contribution in [3.8, 4) is 22.3 Å². The summed E-state index contributed by atoms with van der Waals surface area (Å²) in [5.74, 6) is -0.435. The van der Waals surface area contributed by atoms with Crippen LogP contribution in [-0.2, 0) is 0 Å². The molecule has 2 N–H and O–H groups in total. The van der Waals surface area contributed by atoms with Crippen molar-refractivity contribution in [3.63, 3.8) is 0 Å². The second kappa shape index (κ2) is 11.2. The van der Waals surface area contributed by atoms with Crippen molar-refractivity contribution < 1.29 is 8.78 Å². The van der Waals surface area contributed by atoms with E-state index in [0.717, 1.165) is 22.3 Å². The molecular formula is C30H30F2N2. The maximum atomic E-state index is 14.7. The molecule has 0 amide bonds. The molecule has 2 nitrogen and oxygen atoms in total. The Hall–Kier alpha value is -3.34. The van der Waals surface area contributed by atoms with Crippen molar-refractivity contribution in [1.82, 2.24) is 10.6 Å². The van der Waals surface area contributed by atoms with Crippen molar-refractivity contribution in [1.29, 1.82) is 0 Å². The topological polar surface area (TPSA) is 24.1 Å². The lowest BCUT2D eigenvalue weighted by Crippen LogP contribution is -2.30. The van der Waals surface area contributed by atoms with Gasteiger partial charge in [-0.15, -0.1) is 0 Å². The van der Waals surface area contributed by atoms with Gasteiger partial charge in [-0.3, -0.25) is 0 Å². The molecule has 0 radical (unpaired) electrons. The van der Waals surface area contributed by atoms with E-state index in [2.05, 4.69) is 10.6 Å². The van der Waals surface area contributed by atoms with E-state index in [1.165, 1.54) is 0 Å². The van der Waals surface area contributed by atoms with E-state index in [4.69, 9.17) is 0 Å². The number of hydrogen-bond acceptors (Lipinski definition) is 2. The number of benzene rings is 4. The second-order valence-electron chi connectivity index (χ2n) is 8.56. The zero-order valence-corrected chi connectivity index (χ0v) is 19.6. The molecule has 34 heavy (non-hydrogen) atoms. The van der Waals surface area contributed by atoms with Crippen LogP contribution in [0.3, 0.4) is 0 Å². The molecular weight excluding hydrogens is 426 g/mol. The predicted molar refractivity (Wildman–Crippen MR) is 137 cm³/mol. The Morgan fingerprint density at radius 3 is 1.29 bits per heavy atom. The molecule has 4 aromatic carbocycles. The van der Waals surface area contributed by atoms with Gasteiger partial charge in [-0.25, -0.2) is 8.78 Å². The smallest absolute Gasteiger partial charge is 0.131 e. The van der Waals surface area contributed by atoms with Crippen LogP contribution in [0.15, 0.2) is 97.1 Å². The van der Waals surface area contributed by atoms with Crippen LogP contribution in [0, 0.1) is 11.6 Å². The summed E-state index contributed by atoms with van der Waals surface area (Å²) in [6.07, 6.45) is 0. The highest BCUT2D eigenvalue weighted by Gasteiger charge is 2.12. The SMILES string of the molecule is C[C@H](NCCN[C@@H](C)c1ccc(-c2ccccc2)c(F)c1)c1ccc(-c2ccccc2)c(F)c1. The lowest BCUT2D eigenvalue weighted by Gasteiger charge is -2.18. The van der Waals surface area contributed by atoms with Gasteiger partial charge < -0.3 is 10.6 Å². The van der Waals surface area contributed by atoms with E-state index in [1.54, 1.807) is 12.1 Å². The van der Waals surface area contributed by atoms with Crippen LogP contribution in [0.1, 0.15) is 37.1 Å². The molecule has 174 valence electrons. The molecule has 0 aliphatic heterocycles. The van der Waals surface area contributed by atoms with Gasteiger partial charge in [0.15, 0.2) is 0 Å². The quantitative estimate of drug-likeness (QED) is 0.258. The van der Waals surface area contributed by atoms with E-state index in [1.807, 2.05) is 98.8 Å². The van der Waals surface area contributed by atoms with E-state index in [0.29, 0.717) is 24.2 Å². The first kappa shape index (κ1) is 23.8. The molecule has 0 aromatic heterocycles. The van der Waals surface area contributed by atoms with Crippen LogP contribution in [0.2, 0.25) is 0 Å². The van der Waals surface area contributed by atoms with Gasteiger partial charge in [-0.1, -0.05) is 84.9 Å². The summed E-state index contributed by atoms with van der Waals surface area (Å²) < 4.78 is 29.4. The minimum Gasteiger partial charge on any atom is -0.309 e. The Morgan fingerprint density at radius 2 is 0.941 bits per heavy atom. The summed E-state index contributed by atoms with van der Waals surface area (Å²) in [7, 11) is 0. The maximum Gasteiger partial charge on any atom is 0.131 e. The van der Waals surface area contributed by atoms with E-state index in [-0.39, 0.29) is 23.7 Å². The first-order valence-corrected chi connectivity index (χ1v) is 11.7. The first-order valence-electron chi connectivity index (χ1n) is 11.7. The number of rotatable bonds is 9. The minimum atomic E-state index is -0.218. The van der Waals surface area contributed by atoms with Crippen molar-refractivity contribution in [3.05, 3.63) is 120 Å². The second-order valence-corrected chi connectivity index (χ2v) is 8.56. The lowest BCUT2D eigenvalue weighted by molar-refractivity contribution is 0.508. The van der Waals surface area contributed by atoms with Gasteiger partial charge >= 0.3 is 0 Å². The normalized spacial score (nSPS) is 12.9. The van der Waals surface area contributed by atoms with Crippen LogP contribution < -0.4 is 10.6 Å². The molecule has 0 fully saturated rings. The van der Waals surface area contributed by atoms with Crippen LogP contribution in [0.5, 0.6) is 0 Å². The average molecular weight is 457 g/mol. The Bertz CT molecular complexity index is 1110. The molecule has 0 aliphatic rings. The fraction of sp³-hybridized carbons (Fsp3) is 0.200. The Morgan fingerprint density at radius 1 is 0.559 bits per heavy atom. The van der Waals surface area contributed by atoms with E-state index in [9.17, 15) is 8.78 Å². The van der Waals surface area contributed by atoms with Crippen LogP contribution in [0.25, 0.3) is 22.3 Å². The highest BCUT2D eigenvalue weighted by Crippen LogP contribution is 2.26. The summed E-state index contributed by atoms with van der Waals surface area (Å²) in [6.45, 7) is 5.46. The van der Waals surface area contributed by atoms with E-state index >= 15 is 0 Å². The third kappa shape index (κ3) is 5.77. The van der Waals surface area contributed by atoms with Crippen LogP contribution >= 0.6 is 0 Å². The number of hydrogen-bond donors (Lipinski definition) is 2. The fourth-order valence-corrected chi connectivity index (χ4v) is 4.12. The molecule has 0 saturated heterocycles. The molecule has 0 unspecified atom stereocenters. The summed E-state index contributed by atoms with van der Waals surface area (Å²) in [6, 6.07) is 30.0. The van der Waals surface area contributed by atoms with Gasteiger partial charge in [-0.05, 0) is 48.2 Å². The van der Waals surface area contributed by atoms with Crippen molar-refractivity contribution in [2.24, 2.45) is 0 Å². The Kier molecular flexibility index (Phi) is 7.84. The molecule has 0 spiro atoms. The van der Waals surface area contributed by atoms with Gasteiger partial charge in [-0.2, -0.15) is 0 Å². The third-order valence-corrected chi connectivity index (χ3v) is 6.18. The van der Waals surface area contributed by atoms with Crippen molar-refractivity contribution in [2.45, 2.75) is 25.9 Å². The van der Waals surface area contributed by atoms with Crippen molar-refractivity contribution in [2.75, 3.05) is 13.1 Å². The van der Waals surface area contributed by atoms with Crippen molar-refractivity contribution >= 4 is 0 Å². The maximum absolute atomic E-state index is 14.7. The molecule has 0 bridgehead atoms. The summed E-state index contributed by atoms with van der Waals surface area (Å²) >= 11 is 0. The number of nitrogens with one attached hydrogen (secondary N) is 2. The van der Waals surface area contributed by atoms with Crippen LogP contribution in [-0.4, -0.2) is 13.1 Å². The van der Waals surface area contributed by atoms with Gasteiger partial charge in [0.25, 0.3) is 0 Å². The zero-order chi connectivity index (χ0) is 23.9.